The second kappa shape index (κ2) is 30.5. The van der Waals surface area contributed by atoms with Crippen LogP contribution in [0.4, 0.5) is 52.7 Å². The maximum absolute atomic E-state index is 12.1. The van der Waals surface area contributed by atoms with Gasteiger partial charge in [0.2, 0.25) is 0 Å². The summed E-state index contributed by atoms with van der Waals surface area (Å²) in [6.07, 6.45) is 6.72. The second-order valence-electron chi connectivity index (χ2n) is 13.1. The number of hydrogen-bond donors (Lipinski definition) is 0. The number of rotatable bonds is 12. The van der Waals surface area contributed by atoms with Crippen molar-refractivity contribution in [3.63, 3.8) is 0 Å². The minimum Gasteiger partial charge on any atom is -1.00 e. The molecular formula is C40H52Cl2F12Zr2-2. The number of hydrogen-bond acceptors (Lipinski definition) is 0. The molecule has 0 nitrogen and oxygen atoms in total. The van der Waals surface area contributed by atoms with Crippen LogP contribution in [0.5, 0.6) is 0 Å². The fourth-order valence-electron chi connectivity index (χ4n) is 5.42. The van der Waals surface area contributed by atoms with E-state index in [2.05, 4.69) is 0 Å². The van der Waals surface area contributed by atoms with Crippen LogP contribution in [0, 0.1) is 0 Å². The van der Waals surface area contributed by atoms with Crippen LogP contribution in [0.15, 0.2) is 93.2 Å². The van der Waals surface area contributed by atoms with Gasteiger partial charge in [0.15, 0.2) is 0 Å². The molecule has 0 aromatic carbocycles. The molecule has 0 bridgehead atoms. The van der Waals surface area contributed by atoms with Gasteiger partial charge in [0.1, 0.15) is 0 Å². The summed E-state index contributed by atoms with van der Waals surface area (Å²) in [7, 11) is 0. The Morgan fingerprint density at radius 3 is 0.625 bits per heavy atom. The maximum atomic E-state index is 12.1. The van der Waals surface area contributed by atoms with E-state index in [1.807, 2.05) is 27.7 Å². The average molecular weight is 1010 g/mol. The Hall–Kier alpha value is -0.574. The summed E-state index contributed by atoms with van der Waals surface area (Å²) in [4.78, 5) is 0. The molecule has 16 heteroatoms. The van der Waals surface area contributed by atoms with Crippen LogP contribution in [0.3, 0.4) is 0 Å². The van der Waals surface area contributed by atoms with Crippen LogP contribution in [-0.4, -0.2) is 24.7 Å². The van der Waals surface area contributed by atoms with Crippen molar-refractivity contribution in [3.8, 4) is 0 Å². The number of halogens is 14. The van der Waals surface area contributed by atoms with E-state index in [-0.39, 0.29) is 77.2 Å². The molecule has 0 aromatic heterocycles. The number of unbranched alkanes of at least 4 members (excludes halogenated alkanes) is 4. The molecule has 0 atom stereocenters. The van der Waals surface area contributed by atoms with Gasteiger partial charge in [-0.1, -0.05) is 124 Å². The van der Waals surface area contributed by atoms with Gasteiger partial charge >= 0.3 is 24.7 Å². The van der Waals surface area contributed by atoms with E-state index in [1.165, 1.54) is 48.6 Å². The van der Waals surface area contributed by atoms with Crippen molar-refractivity contribution >= 4 is 0 Å². The summed E-state index contributed by atoms with van der Waals surface area (Å²) in [6, 6.07) is 0. The normalized spacial score (nSPS) is 16.0. The smallest absolute Gasteiger partial charge is 0.416 e. The largest absolute Gasteiger partial charge is 1.00 e. The summed E-state index contributed by atoms with van der Waals surface area (Å²) >= 11 is 0. The van der Waals surface area contributed by atoms with Gasteiger partial charge in [0.05, 0.1) is 22.3 Å². The van der Waals surface area contributed by atoms with E-state index in [9.17, 15) is 52.7 Å². The molecule has 0 saturated heterocycles. The fraction of sp³-hybridized carbons (Fsp3) is 0.600. The van der Waals surface area contributed by atoms with Crippen LogP contribution in [0.25, 0.3) is 0 Å². The van der Waals surface area contributed by atoms with Crippen LogP contribution in [-0.2, 0) is 52.4 Å². The van der Waals surface area contributed by atoms with Crippen molar-refractivity contribution < 1.29 is 130 Å². The minimum absolute atomic E-state index is 0. The van der Waals surface area contributed by atoms with Crippen molar-refractivity contribution in [1.29, 1.82) is 0 Å². The quantitative estimate of drug-likeness (QED) is 0.171. The standard InChI is InChI=1S/4C10H13F3.2ClH.2Zr/c4*1-2-3-4-8-5-6-9(7-8)10(11,12)13;;;;/h4*6-7H,2-5H2,1H3;2*1H;;/p-2. The Morgan fingerprint density at radius 1 is 0.357 bits per heavy atom. The summed E-state index contributed by atoms with van der Waals surface area (Å²) in [5.41, 5.74) is 1.75. The van der Waals surface area contributed by atoms with E-state index < -0.39 is 47.0 Å². The molecule has 0 heterocycles. The van der Waals surface area contributed by atoms with Gasteiger partial charge < -0.3 is 24.8 Å². The Morgan fingerprint density at radius 2 is 0.518 bits per heavy atom. The first kappa shape index (κ1) is 62.1. The maximum Gasteiger partial charge on any atom is 0.416 e. The predicted molar refractivity (Wildman–Crippen MR) is 185 cm³/mol. The molecule has 0 amide bonds. The Balaban J connectivity index is -0.000000314. The topological polar surface area (TPSA) is 0 Å². The van der Waals surface area contributed by atoms with Gasteiger partial charge in [-0.05, 0) is 77.0 Å². The van der Waals surface area contributed by atoms with Crippen molar-refractivity contribution in [3.05, 3.63) is 93.2 Å². The molecular weight excluding hydrogens is 962 g/mol. The zero-order valence-corrected chi connectivity index (χ0v) is 38.7. The molecule has 0 unspecified atom stereocenters. The molecule has 4 aliphatic carbocycles. The SMILES string of the molecule is CCCCC1=CC(C(F)(F)F)=CC1.CCCCC1=CC(C(F)(F)F)=CC1.CCCCC1=CC(C(F)(F)F)=CC1.CCCCC1=CC(C(F)(F)F)=CC1.[Cl-].[Cl-].[Zr].[Zr]. The monoisotopic (exact) mass is 1010 g/mol. The first-order valence-electron chi connectivity index (χ1n) is 18.0. The van der Waals surface area contributed by atoms with E-state index >= 15 is 0 Å². The fourth-order valence-corrected chi connectivity index (χ4v) is 5.42. The van der Waals surface area contributed by atoms with E-state index in [0.717, 1.165) is 99.3 Å². The third-order valence-electron chi connectivity index (χ3n) is 8.49. The van der Waals surface area contributed by atoms with Crippen molar-refractivity contribution in [2.45, 2.75) is 155 Å². The summed E-state index contributed by atoms with van der Waals surface area (Å²) in [5.74, 6) is 0. The van der Waals surface area contributed by atoms with Crippen molar-refractivity contribution in [2.75, 3.05) is 0 Å². The Bertz CT molecular complexity index is 1160. The summed E-state index contributed by atoms with van der Waals surface area (Å²) in [6.45, 7) is 8.14. The molecule has 0 aliphatic heterocycles. The molecule has 4 aliphatic rings. The molecule has 0 radical (unpaired) electrons. The second-order valence-corrected chi connectivity index (χ2v) is 13.1. The molecule has 320 valence electrons. The van der Waals surface area contributed by atoms with Gasteiger partial charge in [-0.25, -0.2) is 0 Å². The van der Waals surface area contributed by atoms with E-state index in [4.69, 9.17) is 0 Å². The van der Waals surface area contributed by atoms with Gasteiger partial charge in [-0.15, -0.1) is 0 Å². The van der Waals surface area contributed by atoms with E-state index in [0.29, 0.717) is 25.7 Å². The minimum atomic E-state index is -4.16. The predicted octanol–water partition coefficient (Wildman–Crippen LogP) is 9.98. The van der Waals surface area contributed by atoms with Crippen LogP contribution < -0.4 is 24.8 Å². The number of allylic oxidation sites excluding steroid dienone is 16. The summed E-state index contributed by atoms with van der Waals surface area (Å²) in [5, 5.41) is 0. The number of alkyl halides is 12. The van der Waals surface area contributed by atoms with Gasteiger partial charge in [-0.2, -0.15) is 52.7 Å². The van der Waals surface area contributed by atoms with Crippen LogP contribution >= 0.6 is 0 Å². The van der Waals surface area contributed by atoms with Gasteiger partial charge in [0, 0.05) is 52.4 Å². The van der Waals surface area contributed by atoms with Gasteiger partial charge in [0.25, 0.3) is 0 Å². The molecule has 0 aromatic rings. The average Bonchev–Trinajstić information content (AvgIpc) is 3.87. The molecule has 0 N–H and O–H groups in total. The molecule has 4 rings (SSSR count). The molecule has 0 saturated carbocycles. The molecule has 0 fully saturated rings. The first-order chi connectivity index (χ1) is 24.1. The Labute approximate surface area is 375 Å². The van der Waals surface area contributed by atoms with Crippen LogP contribution in [0.2, 0.25) is 0 Å². The van der Waals surface area contributed by atoms with Crippen molar-refractivity contribution in [2.24, 2.45) is 0 Å². The van der Waals surface area contributed by atoms with Crippen LogP contribution in [0.1, 0.15) is 130 Å². The molecule has 0 spiro atoms. The zero-order valence-electron chi connectivity index (χ0n) is 32.2. The molecule has 56 heavy (non-hydrogen) atoms. The third kappa shape index (κ3) is 25.8. The van der Waals surface area contributed by atoms with Crippen molar-refractivity contribution in [1.82, 2.24) is 0 Å². The first-order valence-corrected chi connectivity index (χ1v) is 18.0. The third-order valence-corrected chi connectivity index (χ3v) is 8.49. The van der Waals surface area contributed by atoms with E-state index in [1.54, 1.807) is 0 Å². The Kier molecular flexibility index (Phi) is 33.8. The summed E-state index contributed by atoms with van der Waals surface area (Å²) < 4.78 is 146. The van der Waals surface area contributed by atoms with Gasteiger partial charge in [-0.3, -0.25) is 0 Å². The zero-order chi connectivity index (χ0) is 39.6.